The van der Waals surface area contributed by atoms with Crippen LogP contribution in [0.15, 0.2) is 0 Å². The molecule has 0 aromatic carbocycles. The number of esters is 1. The highest BCUT2D eigenvalue weighted by Crippen LogP contribution is 2.48. The first-order valence-electron chi connectivity index (χ1n) is 5.71. The maximum Gasteiger partial charge on any atom is 0.338 e. The average molecular weight is 269 g/mol. The van der Waals surface area contributed by atoms with Crippen molar-refractivity contribution in [1.82, 2.24) is 5.32 Å². The summed E-state index contributed by atoms with van der Waals surface area (Å²) in [6, 6.07) is 0. The van der Waals surface area contributed by atoms with Crippen LogP contribution in [0.1, 0.15) is 6.42 Å². The number of hydrogen-bond donors (Lipinski definition) is 2. The molecule has 2 heterocycles. The monoisotopic (exact) mass is 269 g/mol. The van der Waals surface area contributed by atoms with E-state index in [9.17, 15) is 14.7 Å². The molecule has 4 atom stereocenters. The number of carbonyl (C=O) groups is 2. The van der Waals surface area contributed by atoms with Gasteiger partial charge in [-0.25, -0.2) is 4.79 Å². The molecule has 2 saturated heterocycles. The number of hydrogen-bond acceptors (Lipinski definition) is 6. The number of terminal acetylenes is 1. The Morgan fingerprint density at radius 2 is 2.37 bits per heavy atom. The lowest BCUT2D eigenvalue weighted by Crippen LogP contribution is -2.66. The van der Waals surface area contributed by atoms with Gasteiger partial charge in [-0.05, 0) is 0 Å². The third kappa shape index (κ3) is 1.51. The summed E-state index contributed by atoms with van der Waals surface area (Å²) in [5, 5.41) is 12.0. The van der Waals surface area contributed by atoms with Gasteiger partial charge in [-0.15, -0.1) is 6.42 Å². The van der Waals surface area contributed by atoms with Crippen LogP contribution in [0, 0.1) is 18.3 Å². The Bertz CT molecular complexity index is 458. The van der Waals surface area contributed by atoms with Crippen LogP contribution in [0.4, 0.5) is 0 Å². The Morgan fingerprint density at radius 3 is 2.84 bits per heavy atom. The fourth-order valence-corrected chi connectivity index (χ4v) is 2.78. The Hall–Kier alpha value is -1.62. The molecule has 2 N–H and O–H groups in total. The SMILES string of the molecule is C#C[C@]12O[C@@H](OC)CC1C(=O)N[C@@]2(CO)C(=O)OC. The van der Waals surface area contributed by atoms with Crippen molar-refractivity contribution in [3.05, 3.63) is 0 Å². The summed E-state index contributed by atoms with van der Waals surface area (Å²) >= 11 is 0. The van der Waals surface area contributed by atoms with Gasteiger partial charge in [0.25, 0.3) is 0 Å². The van der Waals surface area contributed by atoms with Crippen LogP contribution in [0.25, 0.3) is 0 Å². The van der Waals surface area contributed by atoms with Gasteiger partial charge in [0.05, 0.1) is 19.6 Å². The van der Waals surface area contributed by atoms with E-state index in [-0.39, 0.29) is 6.42 Å². The van der Waals surface area contributed by atoms with Gasteiger partial charge in [-0.3, -0.25) is 4.79 Å². The summed E-state index contributed by atoms with van der Waals surface area (Å²) in [5.41, 5.74) is -3.40. The first-order valence-corrected chi connectivity index (χ1v) is 5.71. The quantitative estimate of drug-likeness (QED) is 0.473. The molecular formula is C12H15NO6. The normalized spacial score (nSPS) is 40.4. The Morgan fingerprint density at radius 1 is 1.68 bits per heavy atom. The lowest BCUT2D eigenvalue weighted by molar-refractivity contribution is -0.182. The standard InChI is InChI=1S/C12H15NO6/c1-4-12-7(5-8(17-2)19-12)9(15)13-11(12,6-14)10(16)18-3/h1,7-8,14H,5-6H2,2-3H3,(H,13,15)/t7?,8-,11+,12+/m1/s1. The van der Waals surface area contributed by atoms with Gasteiger partial charge in [-0.2, -0.15) is 0 Å². The highest BCUT2D eigenvalue weighted by molar-refractivity contribution is 5.97. The van der Waals surface area contributed by atoms with Crippen molar-refractivity contribution in [2.45, 2.75) is 23.9 Å². The first-order chi connectivity index (χ1) is 9.01. The summed E-state index contributed by atoms with van der Waals surface area (Å²) in [5.74, 6) is 0.267. The van der Waals surface area contributed by atoms with Crippen LogP contribution in [-0.2, 0) is 23.8 Å². The fraction of sp³-hybridized carbons (Fsp3) is 0.667. The second kappa shape index (κ2) is 4.49. The largest absolute Gasteiger partial charge is 0.467 e. The molecule has 0 bridgehead atoms. The maximum atomic E-state index is 12.0. The molecule has 7 nitrogen and oxygen atoms in total. The van der Waals surface area contributed by atoms with Crippen molar-refractivity contribution in [2.75, 3.05) is 20.8 Å². The van der Waals surface area contributed by atoms with Gasteiger partial charge in [0, 0.05) is 13.5 Å². The van der Waals surface area contributed by atoms with Crippen LogP contribution in [-0.4, -0.2) is 55.2 Å². The van der Waals surface area contributed by atoms with E-state index < -0.39 is 41.8 Å². The van der Waals surface area contributed by atoms with E-state index >= 15 is 0 Å². The van der Waals surface area contributed by atoms with Crippen LogP contribution in [0.3, 0.4) is 0 Å². The minimum Gasteiger partial charge on any atom is -0.467 e. The number of rotatable bonds is 3. The number of nitrogens with one attached hydrogen (secondary N) is 1. The molecule has 2 rings (SSSR count). The van der Waals surface area contributed by atoms with Crippen molar-refractivity contribution in [2.24, 2.45) is 5.92 Å². The Kier molecular flexibility index (Phi) is 3.26. The summed E-state index contributed by atoms with van der Waals surface area (Å²) < 4.78 is 15.3. The first kappa shape index (κ1) is 13.8. The molecule has 1 unspecified atom stereocenters. The van der Waals surface area contributed by atoms with Crippen LogP contribution in [0.5, 0.6) is 0 Å². The number of carbonyl (C=O) groups excluding carboxylic acids is 2. The van der Waals surface area contributed by atoms with Gasteiger partial charge < -0.3 is 24.6 Å². The lowest BCUT2D eigenvalue weighted by Gasteiger charge is -2.36. The molecule has 1 amide bonds. The van der Waals surface area contributed by atoms with Crippen molar-refractivity contribution >= 4 is 11.9 Å². The van der Waals surface area contributed by atoms with Crippen LogP contribution in [0.2, 0.25) is 0 Å². The third-order valence-electron chi connectivity index (χ3n) is 3.77. The minimum absolute atomic E-state index is 0.214. The molecule has 0 spiro atoms. The number of aliphatic hydroxyl groups excluding tert-OH is 1. The summed E-state index contributed by atoms with van der Waals surface area (Å²) in [6.45, 7) is -0.720. The number of fused-ring (bicyclic) bond motifs is 1. The predicted molar refractivity (Wildman–Crippen MR) is 61.5 cm³/mol. The van der Waals surface area contributed by atoms with E-state index in [1.807, 2.05) is 0 Å². The van der Waals surface area contributed by atoms with Gasteiger partial charge in [0.15, 0.2) is 11.9 Å². The molecule has 2 aliphatic heterocycles. The second-order valence-electron chi connectivity index (χ2n) is 4.50. The minimum atomic E-state index is -1.80. The molecule has 104 valence electrons. The number of ether oxygens (including phenoxy) is 3. The zero-order valence-electron chi connectivity index (χ0n) is 10.6. The zero-order chi connectivity index (χ0) is 14.3. The van der Waals surface area contributed by atoms with E-state index in [4.69, 9.17) is 15.9 Å². The summed E-state index contributed by atoms with van der Waals surface area (Å²) in [6.07, 6.45) is 5.00. The van der Waals surface area contributed by atoms with Gasteiger partial charge in [0.2, 0.25) is 11.4 Å². The van der Waals surface area contributed by atoms with E-state index in [1.165, 1.54) is 7.11 Å². The second-order valence-corrected chi connectivity index (χ2v) is 4.50. The van der Waals surface area contributed by atoms with E-state index in [0.29, 0.717) is 0 Å². The molecule has 0 aliphatic carbocycles. The third-order valence-corrected chi connectivity index (χ3v) is 3.77. The zero-order valence-corrected chi connectivity index (χ0v) is 10.6. The molecule has 0 saturated carbocycles. The highest BCUT2D eigenvalue weighted by Gasteiger charge is 2.73. The van der Waals surface area contributed by atoms with Crippen molar-refractivity contribution < 1.29 is 28.9 Å². The van der Waals surface area contributed by atoms with Gasteiger partial charge in [0.1, 0.15) is 0 Å². The molecule has 2 fully saturated rings. The molecule has 0 aromatic rings. The number of methoxy groups -OCH3 is 2. The van der Waals surface area contributed by atoms with Crippen molar-refractivity contribution in [3.8, 4) is 12.3 Å². The lowest BCUT2D eigenvalue weighted by atomic mass is 9.76. The van der Waals surface area contributed by atoms with Gasteiger partial charge >= 0.3 is 5.97 Å². The molecule has 19 heavy (non-hydrogen) atoms. The molecule has 7 heteroatoms. The van der Waals surface area contributed by atoms with Crippen LogP contribution >= 0.6 is 0 Å². The molecule has 0 radical (unpaired) electrons. The van der Waals surface area contributed by atoms with Crippen LogP contribution < -0.4 is 5.32 Å². The maximum absolute atomic E-state index is 12.0. The summed E-state index contributed by atoms with van der Waals surface area (Å²) in [7, 11) is 2.55. The number of aliphatic hydroxyl groups is 1. The Balaban J connectivity index is 2.54. The Labute approximate surface area is 110 Å². The number of amides is 1. The molecular weight excluding hydrogens is 254 g/mol. The molecule has 0 aromatic heterocycles. The van der Waals surface area contributed by atoms with E-state index in [1.54, 1.807) is 0 Å². The fourth-order valence-electron chi connectivity index (χ4n) is 2.78. The smallest absolute Gasteiger partial charge is 0.338 e. The van der Waals surface area contributed by atoms with E-state index in [0.717, 1.165) is 7.11 Å². The summed E-state index contributed by atoms with van der Waals surface area (Å²) in [4.78, 5) is 24.0. The van der Waals surface area contributed by atoms with E-state index in [2.05, 4.69) is 16.0 Å². The molecule has 2 aliphatic rings. The average Bonchev–Trinajstić information content (AvgIpc) is 2.93. The van der Waals surface area contributed by atoms with Crippen molar-refractivity contribution in [3.63, 3.8) is 0 Å². The topological polar surface area (TPSA) is 94.1 Å². The van der Waals surface area contributed by atoms with Gasteiger partial charge in [-0.1, -0.05) is 5.92 Å². The highest BCUT2D eigenvalue weighted by atomic mass is 16.7. The van der Waals surface area contributed by atoms with Crippen molar-refractivity contribution in [1.29, 1.82) is 0 Å². The predicted octanol–water partition coefficient (Wildman–Crippen LogP) is -1.60.